The number of nitrogens with one attached hydrogen (secondary N) is 1. The molecule has 4 nitrogen and oxygen atoms in total. The minimum absolute atomic E-state index is 0.196. The molecule has 0 radical (unpaired) electrons. The van der Waals surface area contributed by atoms with Crippen LogP contribution in [0.3, 0.4) is 0 Å². The molecule has 1 aromatic rings. The molecule has 0 aliphatic rings. The van der Waals surface area contributed by atoms with Crippen LogP contribution in [0.2, 0.25) is 0 Å². The second-order valence-corrected chi connectivity index (χ2v) is 8.08. The lowest BCUT2D eigenvalue weighted by Crippen LogP contribution is -2.43. The third kappa shape index (κ3) is 5.64. The van der Waals surface area contributed by atoms with E-state index in [1.165, 1.54) is 0 Å². The number of hydrogen-bond donors (Lipinski definition) is 1. The van der Waals surface area contributed by atoms with Gasteiger partial charge in [0.25, 0.3) is 0 Å². The summed E-state index contributed by atoms with van der Waals surface area (Å²) < 4.78 is -1.66. The first kappa shape index (κ1) is 17.8. The highest BCUT2D eigenvalue weighted by atomic mass is 35.6. The molecule has 20 heavy (non-hydrogen) atoms. The number of thioether (sulfide) groups is 1. The second kappa shape index (κ2) is 7.16. The number of amides is 1. The number of nitrogens with zero attached hydrogens (tertiary/aromatic N) is 2. The fourth-order valence-electron chi connectivity index (χ4n) is 1.33. The molecule has 1 amide bonds. The average molecular weight is 357 g/mol. The molecule has 0 aliphatic carbocycles. The van der Waals surface area contributed by atoms with E-state index in [1.54, 1.807) is 13.8 Å². The Morgan fingerprint density at radius 1 is 1.25 bits per heavy atom. The number of hydrogen-bond acceptors (Lipinski definition) is 4. The molecular weight excluding hydrogens is 341 g/mol. The number of alkyl halides is 3. The number of carbonyl (C=O) groups excluding carboxylic acids is 1. The lowest BCUT2D eigenvalue weighted by molar-refractivity contribution is -0.124. The van der Waals surface area contributed by atoms with Crippen molar-refractivity contribution < 1.29 is 4.79 Å². The Hall–Kier alpha value is -0.230. The van der Waals surface area contributed by atoms with Crippen LogP contribution in [-0.4, -0.2) is 25.0 Å². The standard InChI is InChI=1S/C12H16Cl3N3OS/c1-6(2)9(19)18-10(12(13,14)15)20-11-16-7(3)5-8(4)17-11/h5-6,10H,1-4H3,(H,18,19)/t10-/m0/s1. The summed E-state index contributed by atoms with van der Waals surface area (Å²) in [4.78, 5) is 20.3. The van der Waals surface area contributed by atoms with Gasteiger partial charge in [0, 0.05) is 17.3 Å². The molecule has 1 atom stereocenters. The molecule has 8 heteroatoms. The molecular formula is C12H16Cl3N3OS. The van der Waals surface area contributed by atoms with E-state index in [9.17, 15) is 4.79 Å². The number of aromatic nitrogens is 2. The summed E-state index contributed by atoms with van der Waals surface area (Å²) in [6.07, 6.45) is 0. The van der Waals surface area contributed by atoms with Crippen LogP contribution in [-0.2, 0) is 4.79 Å². The highest BCUT2D eigenvalue weighted by Crippen LogP contribution is 2.38. The van der Waals surface area contributed by atoms with E-state index in [1.807, 2.05) is 19.9 Å². The first-order chi connectivity index (χ1) is 9.09. The van der Waals surface area contributed by atoms with Gasteiger partial charge in [0.15, 0.2) is 5.16 Å². The van der Waals surface area contributed by atoms with Crippen molar-refractivity contribution in [2.24, 2.45) is 5.92 Å². The molecule has 1 heterocycles. The van der Waals surface area contributed by atoms with E-state index in [2.05, 4.69) is 15.3 Å². The molecule has 0 saturated heterocycles. The zero-order valence-corrected chi connectivity index (χ0v) is 14.7. The summed E-state index contributed by atoms with van der Waals surface area (Å²) in [6.45, 7) is 7.25. The maximum Gasteiger partial charge on any atom is 0.223 e. The molecule has 0 spiro atoms. The van der Waals surface area contributed by atoms with Crippen molar-refractivity contribution in [2.75, 3.05) is 0 Å². The normalized spacial score (nSPS) is 13.4. The fraction of sp³-hybridized carbons (Fsp3) is 0.583. The van der Waals surface area contributed by atoms with Crippen LogP contribution in [0.5, 0.6) is 0 Å². The summed E-state index contributed by atoms with van der Waals surface area (Å²) in [7, 11) is 0. The Balaban J connectivity index is 2.93. The smallest absolute Gasteiger partial charge is 0.223 e. The van der Waals surface area contributed by atoms with Crippen molar-refractivity contribution in [2.45, 2.75) is 42.0 Å². The number of rotatable bonds is 4. The quantitative estimate of drug-likeness (QED) is 0.387. The minimum Gasteiger partial charge on any atom is -0.340 e. The molecule has 1 aromatic heterocycles. The fourth-order valence-corrected chi connectivity index (χ4v) is 2.80. The predicted molar refractivity (Wildman–Crippen MR) is 84.4 cm³/mol. The van der Waals surface area contributed by atoms with Gasteiger partial charge in [0.1, 0.15) is 5.37 Å². The van der Waals surface area contributed by atoms with E-state index in [0.29, 0.717) is 5.16 Å². The Morgan fingerprint density at radius 3 is 2.15 bits per heavy atom. The lowest BCUT2D eigenvalue weighted by Gasteiger charge is -2.25. The van der Waals surface area contributed by atoms with Crippen LogP contribution < -0.4 is 5.32 Å². The molecule has 0 unspecified atom stereocenters. The van der Waals surface area contributed by atoms with Gasteiger partial charge in [-0.3, -0.25) is 4.79 Å². The van der Waals surface area contributed by atoms with Gasteiger partial charge in [0.2, 0.25) is 9.70 Å². The van der Waals surface area contributed by atoms with Crippen LogP contribution in [0.4, 0.5) is 0 Å². The highest BCUT2D eigenvalue weighted by molar-refractivity contribution is 8.00. The van der Waals surface area contributed by atoms with Crippen molar-refractivity contribution >= 4 is 52.5 Å². The Morgan fingerprint density at radius 2 is 1.75 bits per heavy atom. The van der Waals surface area contributed by atoms with Gasteiger partial charge < -0.3 is 5.32 Å². The van der Waals surface area contributed by atoms with Crippen LogP contribution in [0, 0.1) is 19.8 Å². The summed E-state index contributed by atoms with van der Waals surface area (Å²) in [5, 5.41) is 2.39. The van der Waals surface area contributed by atoms with Crippen molar-refractivity contribution in [3.63, 3.8) is 0 Å². The van der Waals surface area contributed by atoms with Crippen molar-refractivity contribution in [1.29, 1.82) is 0 Å². The average Bonchev–Trinajstić information content (AvgIpc) is 2.25. The zero-order valence-electron chi connectivity index (χ0n) is 11.6. The molecule has 1 N–H and O–H groups in total. The molecule has 1 rings (SSSR count). The Kier molecular flexibility index (Phi) is 6.38. The minimum atomic E-state index is -1.66. The number of carbonyl (C=O) groups is 1. The first-order valence-electron chi connectivity index (χ1n) is 5.95. The Bertz CT molecular complexity index is 471. The topological polar surface area (TPSA) is 54.9 Å². The van der Waals surface area contributed by atoms with Crippen LogP contribution in [0.25, 0.3) is 0 Å². The summed E-state index contributed by atoms with van der Waals surface area (Å²) >= 11 is 18.9. The van der Waals surface area contributed by atoms with Gasteiger partial charge in [-0.05, 0) is 19.9 Å². The van der Waals surface area contributed by atoms with Crippen LogP contribution in [0.15, 0.2) is 11.2 Å². The van der Waals surface area contributed by atoms with E-state index in [0.717, 1.165) is 23.1 Å². The third-order valence-corrected chi connectivity index (χ3v) is 4.42. The molecule has 0 bridgehead atoms. The lowest BCUT2D eigenvalue weighted by atomic mass is 10.2. The molecule has 0 aliphatic heterocycles. The van der Waals surface area contributed by atoms with Gasteiger partial charge in [-0.2, -0.15) is 0 Å². The van der Waals surface area contributed by atoms with Crippen molar-refractivity contribution in [3.8, 4) is 0 Å². The van der Waals surface area contributed by atoms with E-state index < -0.39 is 9.17 Å². The maximum atomic E-state index is 11.8. The van der Waals surface area contributed by atoms with Crippen molar-refractivity contribution in [1.82, 2.24) is 15.3 Å². The van der Waals surface area contributed by atoms with Gasteiger partial charge in [-0.15, -0.1) is 0 Å². The summed E-state index contributed by atoms with van der Waals surface area (Å²) in [5.74, 6) is -0.399. The SMILES string of the molecule is Cc1cc(C)nc(S[C@H](NC(=O)C(C)C)C(Cl)(Cl)Cl)n1. The zero-order chi connectivity index (χ0) is 15.5. The Labute approximate surface area is 138 Å². The molecule has 0 fully saturated rings. The van der Waals surface area contributed by atoms with Gasteiger partial charge in [0.05, 0.1) is 0 Å². The van der Waals surface area contributed by atoms with E-state index in [-0.39, 0.29) is 11.8 Å². The second-order valence-electron chi connectivity index (χ2n) is 4.64. The van der Waals surface area contributed by atoms with Crippen molar-refractivity contribution in [3.05, 3.63) is 17.5 Å². The number of halogens is 3. The molecule has 0 aromatic carbocycles. The highest BCUT2D eigenvalue weighted by Gasteiger charge is 2.36. The van der Waals surface area contributed by atoms with E-state index in [4.69, 9.17) is 34.8 Å². The first-order valence-corrected chi connectivity index (χ1v) is 7.97. The van der Waals surface area contributed by atoms with Gasteiger partial charge >= 0.3 is 0 Å². The summed E-state index contributed by atoms with van der Waals surface area (Å²) in [5.41, 5.74) is 1.64. The predicted octanol–water partition coefficient (Wildman–Crippen LogP) is 3.65. The molecule has 112 valence electrons. The monoisotopic (exact) mass is 355 g/mol. The third-order valence-electron chi connectivity index (χ3n) is 2.28. The van der Waals surface area contributed by atoms with Gasteiger partial charge in [-0.1, -0.05) is 60.4 Å². The molecule has 0 saturated carbocycles. The summed E-state index contributed by atoms with van der Waals surface area (Å²) in [6, 6.07) is 1.85. The van der Waals surface area contributed by atoms with E-state index >= 15 is 0 Å². The maximum absolute atomic E-state index is 11.8. The van der Waals surface area contributed by atoms with Crippen LogP contribution >= 0.6 is 46.6 Å². The van der Waals surface area contributed by atoms with Crippen LogP contribution in [0.1, 0.15) is 25.2 Å². The largest absolute Gasteiger partial charge is 0.340 e. The van der Waals surface area contributed by atoms with Gasteiger partial charge in [-0.25, -0.2) is 9.97 Å². The number of aryl methyl sites for hydroxylation is 2.